The van der Waals surface area contributed by atoms with Gasteiger partial charge in [-0.25, -0.2) is 0 Å². The lowest BCUT2D eigenvalue weighted by Gasteiger charge is -2.24. The Morgan fingerprint density at radius 2 is 1.97 bits per heavy atom. The molecule has 1 saturated heterocycles. The number of hydrogen-bond donors (Lipinski definition) is 3. The number of nitrogens with two attached hydrogens (primary N) is 1. The smallest absolute Gasteiger partial charge is 0.245 e. The fourth-order valence-corrected chi connectivity index (χ4v) is 3.77. The van der Waals surface area contributed by atoms with Crippen molar-refractivity contribution >= 4 is 23.8 Å². The Morgan fingerprint density at radius 1 is 1.26 bits per heavy atom. The van der Waals surface area contributed by atoms with E-state index in [1.807, 2.05) is 42.2 Å². The Hall–Kier alpha value is -3.19. The fraction of sp³-hybridized carbons (Fsp3) is 0.444. The van der Waals surface area contributed by atoms with E-state index in [0.29, 0.717) is 19.4 Å². The SMILES string of the molecule is C=C/C=C(\C=C)c1ccc(CN2CCCCC(NC=O)C2=O)cc1.CCCC(C)NC(=O)CN. The Labute approximate surface area is 204 Å². The third-order valence-corrected chi connectivity index (χ3v) is 5.54. The first-order valence-corrected chi connectivity index (χ1v) is 11.9. The molecular weight excluding hydrogens is 428 g/mol. The first-order chi connectivity index (χ1) is 16.4. The number of carbonyl (C=O) groups is 3. The highest BCUT2D eigenvalue weighted by Crippen LogP contribution is 2.19. The highest BCUT2D eigenvalue weighted by molar-refractivity contribution is 5.84. The van der Waals surface area contributed by atoms with E-state index in [1.165, 1.54) is 0 Å². The summed E-state index contributed by atoms with van der Waals surface area (Å²) in [6.45, 7) is 13.0. The number of likely N-dealkylation sites (tertiary alicyclic amines) is 1. The van der Waals surface area contributed by atoms with Crippen molar-refractivity contribution in [2.45, 2.75) is 64.6 Å². The van der Waals surface area contributed by atoms with Gasteiger partial charge in [-0.2, -0.15) is 0 Å². The molecule has 1 aliphatic heterocycles. The van der Waals surface area contributed by atoms with Crippen LogP contribution in [0.15, 0.2) is 55.7 Å². The van der Waals surface area contributed by atoms with Crippen molar-refractivity contribution < 1.29 is 14.4 Å². The highest BCUT2D eigenvalue weighted by atomic mass is 16.2. The fourth-order valence-electron chi connectivity index (χ4n) is 3.77. The number of rotatable bonds is 11. The first kappa shape index (κ1) is 28.8. The second-order valence-electron chi connectivity index (χ2n) is 8.31. The standard InChI is InChI=1S/C20H24N2O2.C7H16N2O/c1-3-7-17(4-2)18-11-9-16(10-12-18)14-22-13-6-5-8-19(20(22)24)21-15-23;1-3-4-6(2)9-7(10)5-8/h3-4,7,9-12,15,19H,1-2,5-6,8,13-14H2,(H,21,23);6H,3-5,8H2,1-2H3,(H,9,10)/b17-7+;. The molecule has 0 spiro atoms. The van der Waals surface area contributed by atoms with Crippen LogP contribution in [0, 0.1) is 0 Å². The molecule has 1 aliphatic rings. The summed E-state index contributed by atoms with van der Waals surface area (Å²) in [7, 11) is 0. The molecule has 0 bridgehead atoms. The Morgan fingerprint density at radius 3 is 2.53 bits per heavy atom. The molecule has 7 heteroatoms. The zero-order valence-electron chi connectivity index (χ0n) is 20.6. The van der Waals surface area contributed by atoms with Crippen LogP contribution in [0.1, 0.15) is 57.1 Å². The molecule has 1 aromatic carbocycles. The summed E-state index contributed by atoms with van der Waals surface area (Å²) in [5, 5.41) is 5.40. The highest BCUT2D eigenvalue weighted by Gasteiger charge is 2.26. The van der Waals surface area contributed by atoms with Crippen LogP contribution in [-0.2, 0) is 20.9 Å². The Kier molecular flexibility index (Phi) is 13.9. The number of nitrogens with one attached hydrogen (secondary N) is 2. The van der Waals surface area contributed by atoms with Gasteiger partial charge in [0.15, 0.2) is 0 Å². The zero-order valence-corrected chi connectivity index (χ0v) is 20.6. The molecule has 0 aromatic heterocycles. The molecule has 0 saturated carbocycles. The van der Waals surface area contributed by atoms with Crippen LogP contribution in [0.4, 0.5) is 0 Å². The number of carbonyl (C=O) groups excluding carboxylic acids is 3. The van der Waals surface area contributed by atoms with Crippen LogP contribution in [0.3, 0.4) is 0 Å². The molecule has 3 amide bonds. The van der Waals surface area contributed by atoms with E-state index in [4.69, 9.17) is 5.73 Å². The van der Waals surface area contributed by atoms with E-state index < -0.39 is 6.04 Å². The average molecular weight is 469 g/mol. The molecular formula is C27H40N4O3. The number of nitrogens with zero attached hydrogens (tertiary/aromatic N) is 1. The summed E-state index contributed by atoms with van der Waals surface area (Å²) in [5.74, 6) is -0.0667. The largest absolute Gasteiger partial charge is 0.353 e. The van der Waals surface area contributed by atoms with Crippen molar-refractivity contribution in [2.24, 2.45) is 5.73 Å². The maximum absolute atomic E-state index is 12.5. The van der Waals surface area contributed by atoms with Gasteiger partial charge >= 0.3 is 0 Å². The molecule has 1 aromatic rings. The number of amides is 3. The van der Waals surface area contributed by atoms with Gasteiger partial charge in [-0.3, -0.25) is 14.4 Å². The van der Waals surface area contributed by atoms with Gasteiger partial charge in [-0.05, 0) is 49.3 Å². The first-order valence-electron chi connectivity index (χ1n) is 11.9. The minimum atomic E-state index is -0.396. The Balaban J connectivity index is 0.000000489. The van der Waals surface area contributed by atoms with E-state index in [0.717, 1.165) is 48.9 Å². The number of allylic oxidation sites excluding steroid dienone is 4. The monoisotopic (exact) mass is 468 g/mol. The lowest BCUT2D eigenvalue weighted by atomic mass is 10.0. The average Bonchev–Trinajstić information content (AvgIpc) is 3.00. The van der Waals surface area contributed by atoms with Crippen molar-refractivity contribution in [1.29, 1.82) is 0 Å². The third kappa shape index (κ3) is 10.2. The van der Waals surface area contributed by atoms with Crippen LogP contribution in [0.5, 0.6) is 0 Å². The quantitative estimate of drug-likeness (QED) is 0.342. The summed E-state index contributed by atoms with van der Waals surface area (Å²) < 4.78 is 0. The number of benzene rings is 1. The Bertz CT molecular complexity index is 833. The zero-order chi connectivity index (χ0) is 25.3. The van der Waals surface area contributed by atoms with Gasteiger partial charge in [0, 0.05) is 19.1 Å². The van der Waals surface area contributed by atoms with E-state index in [2.05, 4.69) is 30.7 Å². The summed E-state index contributed by atoms with van der Waals surface area (Å²) in [6, 6.07) is 7.96. The van der Waals surface area contributed by atoms with E-state index in [-0.39, 0.29) is 24.4 Å². The van der Waals surface area contributed by atoms with Crippen LogP contribution >= 0.6 is 0 Å². The molecule has 186 valence electrons. The predicted molar refractivity (Wildman–Crippen MR) is 139 cm³/mol. The molecule has 2 rings (SSSR count). The van der Waals surface area contributed by atoms with E-state index >= 15 is 0 Å². The van der Waals surface area contributed by atoms with Gasteiger partial charge in [-0.15, -0.1) is 0 Å². The molecule has 7 nitrogen and oxygen atoms in total. The molecule has 2 unspecified atom stereocenters. The molecule has 2 atom stereocenters. The van der Waals surface area contributed by atoms with Crippen molar-refractivity contribution in [3.05, 3.63) is 66.8 Å². The summed E-state index contributed by atoms with van der Waals surface area (Å²) >= 11 is 0. The normalized spacial score (nSPS) is 16.9. The topological polar surface area (TPSA) is 105 Å². The van der Waals surface area contributed by atoms with Crippen molar-refractivity contribution in [1.82, 2.24) is 15.5 Å². The third-order valence-electron chi connectivity index (χ3n) is 5.54. The van der Waals surface area contributed by atoms with Crippen LogP contribution < -0.4 is 16.4 Å². The van der Waals surface area contributed by atoms with E-state index in [9.17, 15) is 14.4 Å². The van der Waals surface area contributed by atoms with Crippen molar-refractivity contribution in [3.63, 3.8) is 0 Å². The lowest BCUT2D eigenvalue weighted by Crippen LogP contribution is -2.44. The van der Waals surface area contributed by atoms with Crippen LogP contribution in [-0.4, -0.2) is 48.3 Å². The second kappa shape index (κ2) is 16.4. The number of hydrogen-bond acceptors (Lipinski definition) is 4. The van der Waals surface area contributed by atoms with Crippen LogP contribution in [0.2, 0.25) is 0 Å². The van der Waals surface area contributed by atoms with Gasteiger partial charge in [0.05, 0.1) is 6.54 Å². The maximum Gasteiger partial charge on any atom is 0.245 e. The van der Waals surface area contributed by atoms with Gasteiger partial charge in [-0.1, -0.05) is 69.0 Å². The van der Waals surface area contributed by atoms with Crippen molar-refractivity contribution in [2.75, 3.05) is 13.1 Å². The lowest BCUT2D eigenvalue weighted by molar-refractivity contribution is -0.134. The molecule has 4 N–H and O–H groups in total. The second-order valence-corrected chi connectivity index (χ2v) is 8.31. The van der Waals surface area contributed by atoms with Gasteiger partial charge in [0.25, 0.3) is 0 Å². The summed E-state index contributed by atoms with van der Waals surface area (Å²) in [4.78, 5) is 35.7. The summed E-state index contributed by atoms with van der Waals surface area (Å²) in [5.41, 5.74) is 8.25. The van der Waals surface area contributed by atoms with Gasteiger partial charge in [0.1, 0.15) is 6.04 Å². The summed E-state index contributed by atoms with van der Waals surface area (Å²) in [6.07, 6.45) is 10.8. The molecule has 0 aliphatic carbocycles. The van der Waals surface area contributed by atoms with Gasteiger partial charge < -0.3 is 21.3 Å². The predicted octanol–water partition coefficient (Wildman–Crippen LogP) is 3.32. The molecule has 0 radical (unpaired) electrons. The minimum Gasteiger partial charge on any atom is -0.353 e. The molecule has 34 heavy (non-hydrogen) atoms. The molecule has 1 fully saturated rings. The van der Waals surface area contributed by atoms with Crippen LogP contribution in [0.25, 0.3) is 5.57 Å². The van der Waals surface area contributed by atoms with Crippen molar-refractivity contribution in [3.8, 4) is 0 Å². The van der Waals surface area contributed by atoms with E-state index in [1.54, 1.807) is 12.2 Å². The minimum absolute atomic E-state index is 0.00186. The maximum atomic E-state index is 12.5. The van der Waals surface area contributed by atoms with Gasteiger partial charge in [0.2, 0.25) is 18.2 Å². The molecule has 1 heterocycles.